The second kappa shape index (κ2) is 9.97. The number of carbonyl (C=O) groups is 1. The molecule has 0 unspecified atom stereocenters. The third-order valence-electron chi connectivity index (χ3n) is 6.50. The molecule has 0 atom stereocenters. The van der Waals surface area contributed by atoms with Gasteiger partial charge in [0.25, 0.3) is 5.56 Å². The summed E-state index contributed by atoms with van der Waals surface area (Å²) in [5.74, 6) is 0.402. The van der Waals surface area contributed by atoms with Crippen molar-refractivity contribution in [2.24, 2.45) is 0 Å². The maximum absolute atomic E-state index is 13.9. The Hall–Kier alpha value is -3.93. The molecular weight excluding hydrogens is 476 g/mol. The molecule has 0 bridgehead atoms. The summed E-state index contributed by atoms with van der Waals surface area (Å²) in [6.07, 6.45) is 2.16. The van der Waals surface area contributed by atoms with Crippen molar-refractivity contribution >= 4 is 34.2 Å². The minimum absolute atomic E-state index is 0.159. The predicted molar refractivity (Wildman–Crippen MR) is 140 cm³/mol. The van der Waals surface area contributed by atoms with E-state index in [4.69, 9.17) is 11.6 Å². The number of rotatable bonds is 6. The molecule has 2 aromatic carbocycles. The Balaban J connectivity index is 1.71. The fourth-order valence-electron chi connectivity index (χ4n) is 4.66. The Kier molecular flexibility index (Phi) is 6.59. The Morgan fingerprint density at radius 2 is 1.94 bits per heavy atom. The van der Waals surface area contributed by atoms with E-state index in [0.717, 1.165) is 25.1 Å². The number of piperazine rings is 1. The lowest BCUT2D eigenvalue weighted by molar-refractivity contribution is 0.0970. The van der Waals surface area contributed by atoms with Crippen LogP contribution in [0, 0.1) is 11.3 Å². The number of anilines is 1. The fraction of sp³-hybridized carbons (Fsp3) is 0.259. The number of Topliss-reactive ketones (excluding diaryl/α,β-unsaturated/α-hetero) is 1. The van der Waals surface area contributed by atoms with E-state index in [-0.39, 0.29) is 17.8 Å². The summed E-state index contributed by atoms with van der Waals surface area (Å²) in [7, 11) is 0. The van der Waals surface area contributed by atoms with Crippen LogP contribution in [0.2, 0.25) is 5.02 Å². The number of hydrogen-bond acceptors (Lipinski definition) is 6. The van der Waals surface area contributed by atoms with Gasteiger partial charge in [0.2, 0.25) is 0 Å². The van der Waals surface area contributed by atoms with Crippen molar-refractivity contribution in [1.82, 2.24) is 19.4 Å². The summed E-state index contributed by atoms with van der Waals surface area (Å²) >= 11 is 6.59. The molecule has 36 heavy (non-hydrogen) atoms. The second-order valence-electron chi connectivity index (χ2n) is 8.69. The molecule has 1 fully saturated rings. The summed E-state index contributed by atoms with van der Waals surface area (Å²) in [5.41, 5.74) is 2.61. The van der Waals surface area contributed by atoms with Crippen LogP contribution in [0.1, 0.15) is 28.4 Å². The van der Waals surface area contributed by atoms with Gasteiger partial charge in [0.05, 0.1) is 23.6 Å². The Morgan fingerprint density at radius 3 is 2.67 bits per heavy atom. The highest BCUT2D eigenvalue weighted by molar-refractivity contribution is 6.32. The average Bonchev–Trinajstić information content (AvgIpc) is 3.25. The number of nitriles is 1. The summed E-state index contributed by atoms with van der Waals surface area (Å²) in [6.45, 7) is 4.69. The first kappa shape index (κ1) is 23.8. The number of fused-ring (bicyclic) bond motifs is 1. The normalized spacial score (nSPS) is 13.6. The number of aromatic nitrogens is 3. The summed E-state index contributed by atoms with van der Waals surface area (Å²) < 4.78 is 3.04. The van der Waals surface area contributed by atoms with E-state index in [9.17, 15) is 14.9 Å². The number of aryl methyl sites for hydroxylation is 1. The fourth-order valence-corrected chi connectivity index (χ4v) is 4.88. The van der Waals surface area contributed by atoms with Crippen LogP contribution in [0.4, 0.5) is 5.82 Å². The number of carbonyl (C=O) groups excluding carboxylic acids is 1. The highest BCUT2D eigenvalue weighted by atomic mass is 35.5. The molecule has 1 saturated heterocycles. The van der Waals surface area contributed by atoms with Crippen LogP contribution in [0.15, 0.2) is 59.7 Å². The van der Waals surface area contributed by atoms with E-state index in [1.165, 1.54) is 10.9 Å². The van der Waals surface area contributed by atoms with Crippen LogP contribution in [0.5, 0.6) is 0 Å². The predicted octanol–water partition coefficient (Wildman–Crippen LogP) is 3.57. The van der Waals surface area contributed by atoms with Crippen LogP contribution in [-0.2, 0) is 13.0 Å². The lowest BCUT2D eigenvalue weighted by Gasteiger charge is -2.30. The standard InChI is InChI=1S/C27H25ClN6O2/c1-2-18-6-5-7-19(14-18)23(35)16-33-17-31-24-20(15-29)26(32-12-10-30-11-13-32)34(25(24)27(33)36)22-9-4-3-8-21(22)28/h3-9,14,17,30H,2,10-13,16H2,1H3. The van der Waals surface area contributed by atoms with Gasteiger partial charge in [0, 0.05) is 31.7 Å². The van der Waals surface area contributed by atoms with Gasteiger partial charge >= 0.3 is 0 Å². The van der Waals surface area contributed by atoms with Crippen molar-refractivity contribution in [3.8, 4) is 11.8 Å². The number of ketones is 1. The monoisotopic (exact) mass is 500 g/mol. The van der Waals surface area contributed by atoms with Crippen LogP contribution in [0.25, 0.3) is 16.7 Å². The molecule has 182 valence electrons. The third kappa shape index (κ3) is 4.17. The van der Waals surface area contributed by atoms with E-state index in [2.05, 4.69) is 21.3 Å². The van der Waals surface area contributed by atoms with E-state index >= 15 is 0 Å². The number of benzene rings is 2. The number of nitrogens with one attached hydrogen (secondary N) is 1. The van der Waals surface area contributed by atoms with Crippen molar-refractivity contribution in [1.29, 1.82) is 5.26 Å². The highest BCUT2D eigenvalue weighted by Gasteiger charge is 2.28. The first-order valence-corrected chi connectivity index (χ1v) is 12.3. The van der Waals surface area contributed by atoms with Gasteiger partial charge in [-0.1, -0.05) is 48.9 Å². The molecule has 0 radical (unpaired) electrons. The van der Waals surface area contributed by atoms with E-state index in [1.807, 2.05) is 43.3 Å². The van der Waals surface area contributed by atoms with Crippen molar-refractivity contribution in [2.75, 3.05) is 31.1 Å². The molecule has 1 N–H and O–H groups in total. The zero-order valence-corrected chi connectivity index (χ0v) is 20.6. The smallest absolute Gasteiger partial charge is 0.278 e. The topological polar surface area (TPSA) is 95.9 Å². The molecule has 9 heteroatoms. The zero-order chi connectivity index (χ0) is 25.2. The van der Waals surface area contributed by atoms with Gasteiger partial charge in [-0.05, 0) is 30.2 Å². The largest absolute Gasteiger partial charge is 0.354 e. The Bertz CT molecular complexity index is 1560. The van der Waals surface area contributed by atoms with Crippen LogP contribution in [-0.4, -0.2) is 46.1 Å². The van der Waals surface area contributed by atoms with E-state index < -0.39 is 5.56 Å². The lowest BCUT2D eigenvalue weighted by atomic mass is 10.1. The number of halogens is 1. The summed E-state index contributed by atoms with van der Waals surface area (Å²) in [5, 5.41) is 13.9. The maximum atomic E-state index is 13.9. The minimum atomic E-state index is -0.405. The molecule has 0 amide bonds. The van der Waals surface area contributed by atoms with Gasteiger partial charge < -0.3 is 10.2 Å². The number of para-hydroxylation sites is 1. The Labute approximate surface area is 213 Å². The molecule has 5 rings (SSSR count). The molecular formula is C27H25ClN6O2. The van der Waals surface area contributed by atoms with Crippen molar-refractivity contribution in [3.05, 3.63) is 86.9 Å². The van der Waals surface area contributed by atoms with Crippen molar-refractivity contribution < 1.29 is 4.79 Å². The number of nitrogens with zero attached hydrogens (tertiary/aromatic N) is 5. The van der Waals surface area contributed by atoms with E-state index in [0.29, 0.717) is 46.3 Å². The van der Waals surface area contributed by atoms with Crippen molar-refractivity contribution in [2.45, 2.75) is 19.9 Å². The van der Waals surface area contributed by atoms with Crippen LogP contribution in [0.3, 0.4) is 0 Å². The van der Waals surface area contributed by atoms with Crippen LogP contribution >= 0.6 is 11.6 Å². The Morgan fingerprint density at radius 1 is 1.17 bits per heavy atom. The van der Waals surface area contributed by atoms with Gasteiger partial charge in [-0.15, -0.1) is 0 Å². The average molecular weight is 501 g/mol. The molecule has 0 aliphatic carbocycles. The van der Waals surface area contributed by atoms with Gasteiger partial charge in [-0.25, -0.2) is 4.98 Å². The minimum Gasteiger partial charge on any atom is -0.354 e. The second-order valence-corrected chi connectivity index (χ2v) is 9.09. The highest BCUT2D eigenvalue weighted by Crippen LogP contribution is 2.35. The van der Waals surface area contributed by atoms with Gasteiger partial charge in [-0.2, -0.15) is 5.26 Å². The first-order chi connectivity index (χ1) is 17.5. The molecule has 4 aromatic rings. The van der Waals surface area contributed by atoms with Gasteiger partial charge in [-0.3, -0.25) is 18.7 Å². The third-order valence-corrected chi connectivity index (χ3v) is 6.82. The number of hydrogen-bond donors (Lipinski definition) is 1. The molecule has 0 spiro atoms. The molecule has 1 aliphatic heterocycles. The van der Waals surface area contributed by atoms with Crippen LogP contribution < -0.4 is 15.8 Å². The van der Waals surface area contributed by atoms with Crippen molar-refractivity contribution in [3.63, 3.8) is 0 Å². The SMILES string of the molecule is CCc1cccc(C(=O)Cn2cnc3c(C#N)c(N4CCNCC4)n(-c4ccccc4Cl)c3c2=O)c1. The van der Waals surface area contributed by atoms with Gasteiger partial charge in [0.1, 0.15) is 28.5 Å². The quantitative estimate of drug-likeness (QED) is 0.407. The zero-order valence-electron chi connectivity index (χ0n) is 19.9. The summed E-state index contributed by atoms with van der Waals surface area (Å²) in [6, 6.07) is 16.9. The molecule has 2 aromatic heterocycles. The molecule has 1 aliphatic rings. The lowest BCUT2D eigenvalue weighted by Crippen LogP contribution is -2.44. The maximum Gasteiger partial charge on any atom is 0.278 e. The van der Waals surface area contributed by atoms with E-state index in [1.54, 1.807) is 16.7 Å². The molecule has 3 heterocycles. The first-order valence-electron chi connectivity index (χ1n) is 11.9. The molecule has 0 saturated carbocycles. The summed E-state index contributed by atoms with van der Waals surface area (Å²) in [4.78, 5) is 33.5. The molecule has 8 nitrogen and oxygen atoms in total. The van der Waals surface area contributed by atoms with Gasteiger partial charge in [0.15, 0.2) is 5.78 Å².